The number of carboxylic acids is 1. The summed E-state index contributed by atoms with van der Waals surface area (Å²) < 4.78 is 10.4. The van der Waals surface area contributed by atoms with Crippen LogP contribution in [0.25, 0.3) is 0 Å². The monoisotopic (exact) mass is 310 g/mol. The van der Waals surface area contributed by atoms with Gasteiger partial charge in [-0.2, -0.15) is 0 Å². The molecular weight excluding hydrogens is 304 g/mol. The van der Waals surface area contributed by atoms with Gasteiger partial charge < -0.3 is 14.3 Å². The Balaban J connectivity index is 2.29. The molecule has 0 unspecified atom stereocenters. The Labute approximate surface area is 110 Å². The lowest BCUT2D eigenvalue weighted by Gasteiger charge is -2.06. The van der Waals surface area contributed by atoms with Gasteiger partial charge in [0.25, 0.3) is 0 Å². The summed E-state index contributed by atoms with van der Waals surface area (Å²) in [4.78, 5) is 22.6. The fourth-order valence-electron chi connectivity index (χ4n) is 1.30. The maximum Gasteiger partial charge on any atom is 0.379 e. The number of esters is 1. The molecule has 0 aliphatic carbocycles. The van der Waals surface area contributed by atoms with E-state index in [1.807, 2.05) is 0 Å². The zero-order valence-corrected chi connectivity index (χ0v) is 10.5. The number of furan rings is 1. The predicted molar refractivity (Wildman–Crippen MR) is 64.8 cm³/mol. The number of rotatable bonds is 3. The van der Waals surface area contributed by atoms with Crippen LogP contribution >= 0.6 is 15.9 Å². The number of ether oxygens (including phenoxy) is 1. The van der Waals surface area contributed by atoms with Crippen molar-refractivity contribution in [3.8, 4) is 5.75 Å². The molecule has 0 amide bonds. The van der Waals surface area contributed by atoms with Gasteiger partial charge in [0.2, 0.25) is 5.76 Å². The Kier molecular flexibility index (Phi) is 3.47. The third-order valence-electron chi connectivity index (χ3n) is 2.10. The summed E-state index contributed by atoms with van der Waals surface area (Å²) >= 11 is 3.15. The lowest BCUT2D eigenvalue weighted by molar-refractivity contribution is 0.0670. The van der Waals surface area contributed by atoms with Crippen molar-refractivity contribution in [2.75, 3.05) is 0 Å². The van der Waals surface area contributed by atoms with Crippen molar-refractivity contribution >= 4 is 27.9 Å². The standard InChI is InChI=1S/C12H7BrO5/c13-7-3-4-9(8(6-7)11(14)15)18-12(16)10-2-1-5-17-10/h1-6H,(H,14,15). The van der Waals surface area contributed by atoms with E-state index in [4.69, 9.17) is 14.3 Å². The van der Waals surface area contributed by atoms with E-state index in [1.54, 1.807) is 6.07 Å². The minimum atomic E-state index is -1.18. The van der Waals surface area contributed by atoms with E-state index >= 15 is 0 Å². The minimum Gasteiger partial charge on any atom is -0.478 e. The van der Waals surface area contributed by atoms with Crippen molar-refractivity contribution in [3.05, 3.63) is 52.4 Å². The van der Waals surface area contributed by atoms with E-state index in [-0.39, 0.29) is 17.1 Å². The summed E-state index contributed by atoms with van der Waals surface area (Å²) in [6.07, 6.45) is 1.33. The van der Waals surface area contributed by atoms with Gasteiger partial charge in [0.1, 0.15) is 11.3 Å². The first-order valence-corrected chi connectivity index (χ1v) is 5.66. The largest absolute Gasteiger partial charge is 0.478 e. The molecule has 0 aliphatic rings. The lowest BCUT2D eigenvalue weighted by Crippen LogP contribution is -2.10. The number of carbonyl (C=O) groups is 2. The van der Waals surface area contributed by atoms with Crippen LogP contribution in [0, 0.1) is 0 Å². The average molecular weight is 311 g/mol. The SMILES string of the molecule is O=C(Oc1ccc(Br)cc1C(=O)O)c1ccco1. The highest BCUT2D eigenvalue weighted by Crippen LogP contribution is 2.24. The van der Waals surface area contributed by atoms with Crippen LogP contribution in [0.4, 0.5) is 0 Å². The smallest absolute Gasteiger partial charge is 0.379 e. The summed E-state index contributed by atoms with van der Waals surface area (Å²) in [5, 5.41) is 9.00. The highest BCUT2D eigenvalue weighted by Gasteiger charge is 2.17. The zero-order chi connectivity index (χ0) is 13.1. The first kappa shape index (κ1) is 12.4. The van der Waals surface area contributed by atoms with Crippen LogP contribution in [-0.2, 0) is 0 Å². The van der Waals surface area contributed by atoms with Crippen LogP contribution in [0.1, 0.15) is 20.9 Å². The Morgan fingerprint density at radius 1 is 1.28 bits per heavy atom. The van der Waals surface area contributed by atoms with Gasteiger partial charge in [-0.15, -0.1) is 0 Å². The predicted octanol–water partition coefficient (Wildman–Crippen LogP) is 2.96. The molecule has 0 saturated heterocycles. The molecule has 0 fully saturated rings. The zero-order valence-electron chi connectivity index (χ0n) is 8.92. The number of carbonyl (C=O) groups excluding carboxylic acids is 1. The molecule has 0 aliphatic heterocycles. The Morgan fingerprint density at radius 3 is 2.67 bits per heavy atom. The van der Waals surface area contributed by atoms with Crippen molar-refractivity contribution in [1.82, 2.24) is 0 Å². The second-order valence-electron chi connectivity index (χ2n) is 3.31. The van der Waals surface area contributed by atoms with Gasteiger partial charge >= 0.3 is 11.9 Å². The van der Waals surface area contributed by atoms with Gasteiger partial charge in [-0.05, 0) is 30.3 Å². The van der Waals surface area contributed by atoms with Gasteiger partial charge in [0.15, 0.2) is 0 Å². The quantitative estimate of drug-likeness (QED) is 0.696. The summed E-state index contributed by atoms with van der Waals surface area (Å²) in [7, 11) is 0. The van der Waals surface area contributed by atoms with Crippen molar-refractivity contribution < 1.29 is 23.8 Å². The van der Waals surface area contributed by atoms with Crippen LogP contribution < -0.4 is 4.74 Å². The Hall–Kier alpha value is -2.08. The third-order valence-corrected chi connectivity index (χ3v) is 2.59. The van der Waals surface area contributed by atoms with E-state index in [0.29, 0.717) is 4.47 Å². The number of halogens is 1. The van der Waals surface area contributed by atoms with Gasteiger partial charge in [0.05, 0.1) is 6.26 Å². The topological polar surface area (TPSA) is 76.7 Å². The summed E-state index contributed by atoms with van der Waals surface area (Å²) in [6, 6.07) is 7.30. The normalized spacial score (nSPS) is 10.1. The summed E-state index contributed by atoms with van der Waals surface area (Å²) in [5.41, 5.74) is -0.107. The van der Waals surface area contributed by atoms with Gasteiger partial charge in [-0.1, -0.05) is 15.9 Å². The molecule has 2 rings (SSSR count). The van der Waals surface area contributed by atoms with Crippen LogP contribution in [0.3, 0.4) is 0 Å². The molecule has 1 heterocycles. The first-order chi connectivity index (χ1) is 8.58. The lowest BCUT2D eigenvalue weighted by atomic mass is 10.2. The maximum absolute atomic E-state index is 11.6. The third kappa shape index (κ3) is 2.60. The molecule has 18 heavy (non-hydrogen) atoms. The molecule has 0 radical (unpaired) electrons. The van der Waals surface area contributed by atoms with E-state index in [9.17, 15) is 9.59 Å². The van der Waals surface area contributed by atoms with E-state index < -0.39 is 11.9 Å². The number of carboxylic acid groups (broad SMARTS) is 1. The van der Waals surface area contributed by atoms with Crippen LogP contribution in [0.2, 0.25) is 0 Å². The van der Waals surface area contributed by atoms with Crippen molar-refractivity contribution in [1.29, 1.82) is 0 Å². The molecule has 0 atom stereocenters. The van der Waals surface area contributed by atoms with Gasteiger partial charge in [-0.3, -0.25) is 0 Å². The summed E-state index contributed by atoms with van der Waals surface area (Å²) in [6.45, 7) is 0. The molecule has 2 aromatic rings. The number of hydrogen-bond acceptors (Lipinski definition) is 4. The van der Waals surface area contributed by atoms with E-state index in [1.165, 1.54) is 30.5 Å². The van der Waals surface area contributed by atoms with Crippen molar-refractivity contribution in [2.45, 2.75) is 0 Å². The maximum atomic E-state index is 11.6. The number of hydrogen-bond donors (Lipinski definition) is 1. The highest BCUT2D eigenvalue weighted by atomic mass is 79.9. The second kappa shape index (κ2) is 5.05. The molecule has 1 aromatic carbocycles. The number of benzene rings is 1. The molecule has 0 saturated carbocycles. The van der Waals surface area contributed by atoms with Crippen LogP contribution in [0.15, 0.2) is 45.5 Å². The van der Waals surface area contributed by atoms with Crippen molar-refractivity contribution in [3.63, 3.8) is 0 Å². The molecule has 0 bridgehead atoms. The molecule has 5 nitrogen and oxygen atoms in total. The molecule has 1 N–H and O–H groups in total. The fraction of sp³-hybridized carbons (Fsp3) is 0. The van der Waals surface area contributed by atoms with Gasteiger partial charge in [-0.25, -0.2) is 9.59 Å². The highest BCUT2D eigenvalue weighted by molar-refractivity contribution is 9.10. The average Bonchev–Trinajstić information content (AvgIpc) is 2.84. The first-order valence-electron chi connectivity index (χ1n) is 4.86. The fourth-order valence-corrected chi connectivity index (χ4v) is 1.66. The molecule has 6 heteroatoms. The molecule has 0 spiro atoms. The number of aromatic carboxylic acids is 1. The van der Waals surface area contributed by atoms with Crippen molar-refractivity contribution in [2.24, 2.45) is 0 Å². The second-order valence-corrected chi connectivity index (χ2v) is 4.23. The van der Waals surface area contributed by atoms with E-state index in [2.05, 4.69) is 15.9 Å². The van der Waals surface area contributed by atoms with Crippen LogP contribution in [0.5, 0.6) is 5.75 Å². The Bertz CT molecular complexity index is 589. The van der Waals surface area contributed by atoms with Gasteiger partial charge in [0, 0.05) is 4.47 Å². The van der Waals surface area contributed by atoms with E-state index in [0.717, 1.165) is 0 Å². The molecule has 92 valence electrons. The van der Waals surface area contributed by atoms with Crippen LogP contribution in [-0.4, -0.2) is 17.0 Å². The molecule has 1 aromatic heterocycles. The molecular formula is C12H7BrO5. The Morgan fingerprint density at radius 2 is 2.06 bits per heavy atom. The minimum absolute atomic E-state index is 0.00857. The summed E-state index contributed by atoms with van der Waals surface area (Å²) in [5.74, 6) is -1.95.